The van der Waals surface area contributed by atoms with Crippen molar-refractivity contribution in [2.24, 2.45) is 0 Å². The highest BCUT2D eigenvalue weighted by atomic mass is 79.9. The number of hydrogen-bond donors (Lipinski definition) is 0. The van der Waals surface area contributed by atoms with Gasteiger partial charge in [-0.3, -0.25) is 0 Å². The van der Waals surface area contributed by atoms with Crippen molar-refractivity contribution >= 4 is 37.5 Å². The number of thiophene rings is 1. The lowest BCUT2D eigenvalue weighted by Gasteiger charge is -2.06. The van der Waals surface area contributed by atoms with Gasteiger partial charge in [-0.2, -0.15) is 0 Å². The van der Waals surface area contributed by atoms with Crippen molar-refractivity contribution in [3.05, 3.63) is 45.8 Å². The van der Waals surface area contributed by atoms with E-state index >= 15 is 0 Å². The van der Waals surface area contributed by atoms with Crippen molar-refractivity contribution in [1.29, 1.82) is 0 Å². The summed E-state index contributed by atoms with van der Waals surface area (Å²) in [6.07, 6.45) is 1.42. The van der Waals surface area contributed by atoms with Crippen LogP contribution in [0.2, 0.25) is 0 Å². The molecule has 1 aromatic carbocycles. The third-order valence-corrected chi connectivity index (χ3v) is 4.17. The minimum atomic E-state index is -0.428. The topological polar surface area (TPSA) is 35.0 Å². The van der Waals surface area contributed by atoms with E-state index in [2.05, 4.69) is 25.9 Å². The van der Waals surface area contributed by atoms with Crippen LogP contribution in [0.4, 0.5) is 4.39 Å². The van der Waals surface area contributed by atoms with Gasteiger partial charge in [-0.05, 0) is 36.1 Å². The largest absolute Gasteiger partial charge is 0.434 e. The first-order chi connectivity index (χ1) is 9.15. The van der Waals surface area contributed by atoms with Crippen LogP contribution in [0.5, 0.6) is 11.6 Å². The van der Waals surface area contributed by atoms with Crippen molar-refractivity contribution in [2.45, 2.75) is 6.92 Å². The van der Waals surface area contributed by atoms with Crippen LogP contribution in [-0.4, -0.2) is 9.97 Å². The Morgan fingerprint density at radius 1 is 1.32 bits per heavy atom. The molecule has 19 heavy (non-hydrogen) atoms. The van der Waals surface area contributed by atoms with Crippen LogP contribution < -0.4 is 4.74 Å². The number of hydrogen-bond acceptors (Lipinski definition) is 4. The summed E-state index contributed by atoms with van der Waals surface area (Å²) in [5, 5.41) is 1.98. The van der Waals surface area contributed by atoms with Crippen LogP contribution in [0.15, 0.2) is 34.4 Å². The smallest absolute Gasteiger partial charge is 0.240 e. The first-order valence-electron chi connectivity index (χ1n) is 5.47. The summed E-state index contributed by atoms with van der Waals surface area (Å²) in [6.45, 7) is 1.97. The van der Waals surface area contributed by atoms with Crippen LogP contribution in [0.1, 0.15) is 5.56 Å². The molecule has 0 fully saturated rings. The Labute approximate surface area is 121 Å². The van der Waals surface area contributed by atoms with Crippen LogP contribution >= 0.6 is 27.3 Å². The van der Waals surface area contributed by atoms with Gasteiger partial charge < -0.3 is 4.74 Å². The average Bonchev–Trinajstić information content (AvgIpc) is 2.77. The maximum Gasteiger partial charge on any atom is 0.240 e. The zero-order valence-electron chi connectivity index (χ0n) is 9.85. The summed E-state index contributed by atoms with van der Waals surface area (Å²) in [7, 11) is 0. The molecule has 0 aliphatic heterocycles. The fourth-order valence-corrected chi connectivity index (χ4v) is 2.95. The Kier molecular flexibility index (Phi) is 3.20. The molecule has 0 radical (unpaired) electrons. The van der Waals surface area contributed by atoms with Crippen molar-refractivity contribution in [3.63, 3.8) is 0 Å². The Morgan fingerprint density at radius 3 is 3.00 bits per heavy atom. The first kappa shape index (κ1) is 12.5. The molecular weight excluding hydrogens is 331 g/mol. The molecule has 3 nitrogen and oxygen atoms in total. The normalized spacial score (nSPS) is 10.9. The number of aryl methyl sites for hydroxylation is 1. The van der Waals surface area contributed by atoms with Crippen LogP contribution in [0.25, 0.3) is 10.2 Å². The molecule has 0 saturated carbocycles. The van der Waals surface area contributed by atoms with E-state index in [1.807, 2.05) is 12.3 Å². The second-order valence-electron chi connectivity index (χ2n) is 3.95. The van der Waals surface area contributed by atoms with E-state index in [9.17, 15) is 4.39 Å². The Balaban J connectivity index is 2.08. The summed E-state index contributed by atoms with van der Waals surface area (Å²) >= 11 is 4.77. The van der Waals surface area contributed by atoms with Crippen molar-refractivity contribution in [2.75, 3.05) is 0 Å². The molecule has 0 unspecified atom stereocenters. The molecule has 2 heterocycles. The molecule has 0 spiro atoms. The maximum atomic E-state index is 13.7. The minimum absolute atomic E-state index is 0.139. The molecule has 0 bridgehead atoms. The van der Waals surface area contributed by atoms with Gasteiger partial charge in [0, 0.05) is 4.47 Å². The SMILES string of the molecule is Cc1csc2c(Oc3cc(Br)ccc3F)ncnc12. The van der Waals surface area contributed by atoms with Gasteiger partial charge in [-0.15, -0.1) is 11.3 Å². The molecule has 0 N–H and O–H groups in total. The lowest BCUT2D eigenvalue weighted by Crippen LogP contribution is -1.92. The highest BCUT2D eigenvalue weighted by Crippen LogP contribution is 2.34. The molecular formula is C13H8BrFN2OS. The molecule has 0 aliphatic carbocycles. The maximum absolute atomic E-state index is 13.7. The number of ether oxygens (including phenoxy) is 1. The second-order valence-corrected chi connectivity index (χ2v) is 5.75. The van der Waals surface area contributed by atoms with Gasteiger partial charge in [0.25, 0.3) is 0 Å². The first-order valence-corrected chi connectivity index (χ1v) is 7.14. The predicted molar refractivity (Wildman–Crippen MR) is 76.3 cm³/mol. The van der Waals surface area contributed by atoms with Gasteiger partial charge in [-0.1, -0.05) is 15.9 Å². The highest BCUT2D eigenvalue weighted by Gasteiger charge is 2.12. The third kappa shape index (κ3) is 2.33. The van der Waals surface area contributed by atoms with Gasteiger partial charge in [0.1, 0.15) is 11.0 Å². The highest BCUT2D eigenvalue weighted by molar-refractivity contribution is 9.10. The monoisotopic (exact) mass is 338 g/mol. The fraction of sp³-hybridized carbons (Fsp3) is 0.0769. The number of nitrogens with zero attached hydrogens (tertiary/aromatic N) is 2. The predicted octanol–water partition coefficient (Wildman–Crippen LogP) is 4.69. The zero-order chi connectivity index (χ0) is 13.4. The molecule has 0 saturated heterocycles. The average molecular weight is 339 g/mol. The van der Waals surface area contributed by atoms with Gasteiger partial charge in [0.05, 0.1) is 5.52 Å². The Hall–Kier alpha value is -1.53. The number of benzene rings is 1. The lowest BCUT2D eigenvalue weighted by atomic mass is 10.3. The fourth-order valence-electron chi connectivity index (χ4n) is 1.68. The molecule has 96 valence electrons. The molecule has 6 heteroatoms. The van der Waals surface area contributed by atoms with E-state index in [-0.39, 0.29) is 5.75 Å². The Bertz CT molecular complexity index is 759. The summed E-state index contributed by atoms with van der Waals surface area (Å²) in [5.41, 5.74) is 1.90. The van der Waals surface area contributed by atoms with E-state index in [0.717, 1.165) is 20.3 Å². The van der Waals surface area contributed by atoms with E-state index in [1.165, 1.54) is 23.7 Å². The molecule has 3 rings (SSSR count). The van der Waals surface area contributed by atoms with Gasteiger partial charge in [-0.25, -0.2) is 14.4 Å². The number of rotatable bonds is 2. The minimum Gasteiger partial charge on any atom is -0.434 e. The van der Waals surface area contributed by atoms with E-state index in [4.69, 9.17) is 4.74 Å². The third-order valence-electron chi connectivity index (χ3n) is 2.60. The van der Waals surface area contributed by atoms with E-state index in [1.54, 1.807) is 12.1 Å². The summed E-state index contributed by atoms with van der Waals surface area (Å²) in [6, 6.07) is 4.54. The van der Waals surface area contributed by atoms with Crippen LogP contribution in [-0.2, 0) is 0 Å². The van der Waals surface area contributed by atoms with Gasteiger partial charge >= 0.3 is 0 Å². The summed E-state index contributed by atoms with van der Waals surface area (Å²) in [4.78, 5) is 8.28. The lowest BCUT2D eigenvalue weighted by molar-refractivity contribution is 0.432. The van der Waals surface area contributed by atoms with E-state index in [0.29, 0.717) is 5.88 Å². The standard InChI is InChI=1S/C13H8BrFN2OS/c1-7-5-19-12-11(7)16-6-17-13(12)18-10-4-8(14)2-3-9(10)15/h2-6H,1H3. The number of fused-ring (bicyclic) bond motifs is 1. The van der Waals surface area contributed by atoms with Crippen molar-refractivity contribution < 1.29 is 9.13 Å². The quantitative estimate of drug-likeness (QED) is 0.679. The van der Waals surface area contributed by atoms with Crippen LogP contribution in [0.3, 0.4) is 0 Å². The summed E-state index contributed by atoms with van der Waals surface area (Å²) < 4.78 is 20.8. The summed E-state index contributed by atoms with van der Waals surface area (Å²) in [5.74, 6) is 0.0868. The molecule has 3 aromatic rings. The zero-order valence-corrected chi connectivity index (χ0v) is 12.3. The molecule has 2 aromatic heterocycles. The van der Waals surface area contributed by atoms with Gasteiger partial charge in [0.2, 0.25) is 5.88 Å². The van der Waals surface area contributed by atoms with Crippen LogP contribution in [0, 0.1) is 12.7 Å². The number of aromatic nitrogens is 2. The van der Waals surface area contributed by atoms with Gasteiger partial charge in [0.15, 0.2) is 11.6 Å². The van der Waals surface area contributed by atoms with E-state index < -0.39 is 5.82 Å². The molecule has 0 atom stereocenters. The second kappa shape index (κ2) is 4.86. The molecule has 0 amide bonds. The Morgan fingerprint density at radius 2 is 2.16 bits per heavy atom. The van der Waals surface area contributed by atoms with Crippen molar-refractivity contribution in [1.82, 2.24) is 9.97 Å². The number of halogens is 2. The molecule has 0 aliphatic rings. The van der Waals surface area contributed by atoms with Crippen molar-refractivity contribution in [3.8, 4) is 11.6 Å².